The predicted molar refractivity (Wildman–Crippen MR) is 75.2 cm³/mol. The Hall–Kier alpha value is -2.43. The number of nitrogens with zero attached hydrogens (tertiary/aromatic N) is 2. The molecule has 0 spiro atoms. The fourth-order valence-electron chi connectivity index (χ4n) is 1.41. The quantitative estimate of drug-likeness (QED) is 0.805. The molecule has 20 heavy (non-hydrogen) atoms. The maximum absolute atomic E-state index is 12.1. The fraction of sp³-hybridized carbons (Fsp3) is 0.0769. The van der Waals surface area contributed by atoms with Crippen LogP contribution in [0, 0.1) is 11.8 Å². The highest BCUT2D eigenvalue weighted by molar-refractivity contribution is 7.92. The number of rotatable bonds is 3. The van der Waals surface area contributed by atoms with Crippen LogP contribution in [0.3, 0.4) is 0 Å². The van der Waals surface area contributed by atoms with Gasteiger partial charge in [0.05, 0.1) is 6.54 Å². The monoisotopic (exact) mass is 288 g/mol. The van der Waals surface area contributed by atoms with Crippen molar-refractivity contribution < 1.29 is 8.42 Å². The molecule has 0 fully saturated rings. The van der Waals surface area contributed by atoms with Gasteiger partial charge in [-0.05, 0) is 30.2 Å². The highest BCUT2D eigenvalue weighted by atomic mass is 32.2. The van der Waals surface area contributed by atoms with E-state index in [1.54, 1.807) is 24.3 Å². The Morgan fingerprint density at radius 2 is 2.10 bits per heavy atom. The summed E-state index contributed by atoms with van der Waals surface area (Å²) < 4.78 is 26.5. The molecule has 0 radical (unpaired) electrons. The summed E-state index contributed by atoms with van der Waals surface area (Å²) in [5, 5.41) is 0. The molecule has 0 unspecified atom stereocenters. The molecule has 0 amide bonds. The normalized spacial score (nSPS) is 10.4. The molecule has 6 nitrogen and oxygen atoms in total. The van der Waals surface area contributed by atoms with Gasteiger partial charge in [0.25, 0.3) is 10.0 Å². The van der Waals surface area contributed by atoms with Gasteiger partial charge in [-0.2, -0.15) is 0 Å². The van der Waals surface area contributed by atoms with E-state index in [0.29, 0.717) is 5.69 Å². The van der Waals surface area contributed by atoms with Gasteiger partial charge in [-0.3, -0.25) is 9.71 Å². The third-order valence-electron chi connectivity index (χ3n) is 2.25. The van der Waals surface area contributed by atoms with Crippen LogP contribution in [-0.2, 0) is 10.0 Å². The summed E-state index contributed by atoms with van der Waals surface area (Å²) in [6, 6.07) is 7.87. The van der Waals surface area contributed by atoms with Crippen molar-refractivity contribution in [3.63, 3.8) is 0 Å². The summed E-state index contributed by atoms with van der Waals surface area (Å²) in [7, 11) is -3.70. The summed E-state index contributed by atoms with van der Waals surface area (Å²) >= 11 is 0. The van der Waals surface area contributed by atoms with Crippen LogP contribution in [-0.4, -0.2) is 24.9 Å². The van der Waals surface area contributed by atoms with E-state index in [-0.39, 0.29) is 17.3 Å². The van der Waals surface area contributed by atoms with Crippen molar-refractivity contribution in [3.8, 4) is 11.8 Å². The van der Waals surface area contributed by atoms with E-state index < -0.39 is 10.0 Å². The number of pyridine rings is 2. The van der Waals surface area contributed by atoms with Crippen molar-refractivity contribution >= 4 is 15.8 Å². The van der Waals surface area contributed by atoms with Gasteiger partial charge >= 0.3 is 0 Å². The van der Waals surface area contributed by atoms with Gasteiger partial charge in [-0.15, -0.1) is 0 Å². The molecular formula is C13H12N4O2S. The van der Waals surface area contributed by atoms with Crippen LogP contribution in [0.25, 0.3) is 0 Å². The van der Waals surface area contributed by atoms with Crippen molar-refractivity contribution in [2.75, 3.05) is 11.3 Å². The van der Waals surface area contributed by atoms with Crippen LogP contribution < -0.4 is 10.5 Å². The zero-order chi connectivity index (χ0) is 14.4. The van der Waals surface area contributed by atoms with Crippen molar-refractivity contribution in [1.29, 1.82) is 0 Å². The Labute approximate surface area is 117 Å². The fourth-order valence-corrected chi connectivity index (χ4v) is 2.37. The lowest BCUT2D eigenvalue weighted by molar-refractivity contribution is 0.600. The second-order valence-electron chi connectivity index (χ2n) is 3.71. The Bertz CT molecular complexity index is 749. The Morgan fingerprint density at radius 3 is 2.80 bits per heavy atom. The average Bonchev–Trinajstić information content (AvgIpc) is 2.46. The second-order valence-corrected chi connectivity index (χ2v) is 5.39. The van der Waals surface area contributed by atoms with Gasteiger partial charge < -0.3 is 5.73 Å². The Balaban J connectivity index is 2.26. The molecule has 0 atom stereocenters. The standard InChI is InChI=1S/C13H12N4O2S/c14-8-2-5-11-4-1-7-13(16-11)17-20(18,19)12-6-3-9-15-10-12/h1,3-4,6-7,9-10H,8,14H2,(H,16,17). The van der Waals surface area contributed by atoms with Crippen molar-refractivity contribution in [3.05, 3.63) is 48.4 Å². The number of anilines is 1. The summed E-state index contributed by atoms with van der Waals surface area (Å²) in [6.07, 6.45) is 2.76. The van der Waals surface area contributed by atoms with Gasteiger partial charge in [0.1, 0.15) is 16.4 Å². The first-order valence-corrected chi connectivity index (χ1v) is 7.19. The lowest BCUT2D eigenvalue weighted by Gasteiger charge is -2.06. The van der Waals surface area contributed by atoms with Crippen LogP contribution in [0.4, 0.5) is 5.82 Å². The number of aromatic nitrogens is 2. The molecule has 0 aliphatic carbocycles. The molecule has 2 aromatic rings. The van der Waals surface area contributed by atoms with Gasteiger partial charge in [0.2, 0.25) is 0 Å². The van der Waals surface area contributed by atoms with Gasteiger partial charge in [0, 0.05) is 12.4 Å². The van der Waals surface area contributed by atoms with E-state index in [0.717, 1.165) is 0 Å². The maximum atomic E-state index is 12.1. The van der Waals surface area contributed by atoms with Crippen molar-refractivity contribution in [2.45, 2.75) is 4.90 Å². The minimum Gasteiger partial charge on any atom is -0.320 e. The first-order chi connectivity index (χ1) is 9.62. The van der Waals surface area contributed by atoms with Crippen LogP contribution in [0.2, 0.25) is 0 Å². The minimum atomic E-state index is -3.70. The molecule has 2 rings (SSSR count). The van der Waals surface area contributed by atoms with E-state index in [1.807, 2.05) is 0 Å². The van der Waals surface area contributed by atoms with Crippen LogP contribution in [0.5, 0.6) is 0 Å². The van der Waals surface area contributed by atoms with Crippen LogP contribution >= 0.6 is 0 Å². The predicted octanol–water partition coefficient (Wildman–Crippen LogP) is 0.588. The lowest BCUT2D eigenvalue weighted by Crippen LogP contribution is -2.14. The maximum Gasteiger partial charge on any atom is 0.264 e. The minimum absolute atomic E-state index is 0.0697. The van der Waals surface area contributed by atoms with Crippen molar-refractivity contribution in [2.24, 2.45) is 5.73 Å². The van der Waals surface area contributed by atoms with E-state index >= 15 is 0 Å². The zero-order valence-electron chi connectivity index (χ0n) is 10.4. The van der Waals surface area contributed by atoms with Crippen LogP contribution in [0.1, 0.15) is 5.69 Å². The molecule has 102 valence electrons. The van der Waals surface area contributed by atoms with Gasteiger partial charge in [-0.1, -0.05) is 12.0 Å². The third-order valence-corrected chi connectivity index (χ3v) is 3.59. The summed E-state index contributed by atoms with van der Waals surface area (Å²) in [6.45, 7) is 0.216. The van der Waals surface area contributed by atoms with E-state index in [4.69, 9.17) is 5.73 Å². The molecule has 0 aliphatic heterocycles. The Kier molecular flexibility index (Phi) is 4.30. The first kappa shape index (κ1) is 14.0. The largest absolute Gasteiger partial charge is 0.320 e. The lowest BCUT2D eigenvalue weighted by atomic mass is 10.3. The second kappa shape index (κ2) is 6.14. The molecule has 0 aliphatic rings. The van der Waals surface area contributed by atoms with Gasteiger partial charge in [-0.25, -0.2) is 13.4 Å². The number of hydrogen-bond acceptors (Lipinski definition) is 5. The third kappa shape index (κ3) is 3.54. The Morgan fingerprint density at radius 1 is 1.25 bits per heavy atom. The smallest absolute Gasteiger partial charge is 0.264 e. The van der Waals surface area contributed by atoms with E-state index in [1.165, 1.54) is 18.5 Å². The van der Waals surface area contributed by atoms with E-state index in [2.05, 4.69) is 26.5 Å². The number of sulfonamides is 1. The summed E-state index contributed by atoms with van der Waals surface area (Å²) in [5.74, 6) is 5.58. The van der Waals surface area contributed by atoms with Crippen LogP contribution in [0.15, 0.2) is 47.6 Å². The topological polar surface area (TPSA) is 98.0 Å². The average molecular weight is 288 g/mol. The zero-order valence-corrected chi connectivity index (χ0v) is 11.3. The number of hydrogen-bond donors (Lipinski definition) is 2. The molecule has 2 heterocycles. The first-order valence-electron chi connectivity index (χ1n) is 5.71. The molecule has 7 heteroatoms. The van der Waals surface area contributed by atoms with E-state index in [9.17, 15) is 8.42 Å². The number of nitrogens with one attached hydrogen (secondary N) is 1. The highest BCUT2D eigenvalue weighted by Gasteiger charge is 2.14. The molecule has 0 bridgehead atoms. The molecule has 2 aromatic heterocycles. The SMILES string of the molecule is NCC#Cc1cccc(NS(=O)(=O)c2cccnc2)n1. The number of nitrogens with two attached hydrogens (primary N) is 1. The summed E-state index contributed by atoms with van der Waals surface area (Å²) in [5.41, 5.74) is 5.72. The molecule has 0 aromatic carbocycles. The molecule has 0 saturated carbocycles. The van der Waals surface area contributed by atoms with Gasteiger partial charge in [0.15, 0.2) is 0 Å². The summed E-state index contributed by atoms with van der Waals surface area (Å²) in [4.78, 5) is 7.93. The molecule has 3 N–H and O–H groups in total. The molecular weight excluding hydrogens is 276 g/mol. The highest BCUT2D eigenvalue weighted by Crippen LogP contribution is 2.13. The molecule has 0 saturated heterocycles. The van der Waals surface area contributed by atoms with Crippen molar-refractivity contribution in [1.82, 2.24) is 9.97 Å².